The summed E-state index contributed by atoms with van der Waals surface area (Å²) < 4.78 is 0. The van der Waals surface area contributed by atoms with Gasteiger partial charge in [0.2, 0.25) is 17.7 Å². The molecule has 15 nitrogen and oxygen atoms in total. The minimum Gasteiger partial charge on any atom is -0.480 e. The summed E-state index contributed by atoms with van der Waals surface area (Å²) in [5, 5.41) is 19.0. The normalized spacial score (nSPS) is 14.1. The van der Waals surface area contributed by atoms with Crippen LogP contribution in [0.1, 0.15) is 71.8 Å². The van der Waals surface area contributed by atoms with E-state index in [0.717, 1.165) is 10.5 Å². The van der Waals surface area contributed by atoms with Crippen molar-refractivity contribution in [2.24, 2.45) is 23.3 Å². The summed E-state index contributed by atoms with van der Waals surface area (Å²) in [7, 11) is 0. The molecule has 1 aromatic rings. The molecule has 1 aliphatic heterocycles. The first-order valence-electron chi connectivity index (χ1n) is 16.2. The van der Waals surface area contributed by atoms with Crippen molar-refractivity contribution < 1.29 is 38.7 Å². The Hall–Kier alpha value is -4.50. The summed E-state index contributed by atoms with van der Waals surface area (Å²) in [6, 6.07) is 3.75. The number of benzene rings is 1. The van der Waals surface area contributed by atoms with Gasteiger partial charge in [0.15, 0.2) is 0 Å². The van der Waals surface area contributed by atoms with Gasteiger partial charge in [-0.3, -0.25) is 33.7 Å². The lowest BCUT2D eigenvalue weighted by molar-refractivity contribution is -0.140. The number of imide groups is 1. The van der Waals surface area contributed by atoms with Crippen LogP contribution in [0, 0.1) is 11.8 Å². The molecular formula is C33H50ClN7O8. The van der Waals surface area contributed by atoms with E-state index in [-0.39, 0.29) is 48.9 Å². The molecule has 0 bridgehead atoms. The third-order valence-electron chi connectivity index (χ3n) is 7.43. The van der Waals surface area contributed by atoms with Gasteiger partial charge in [0.1, 0.15) is 18.1 Å². The fraction of sp³-hybridized carbons (Fsp3) is 0.545. The van der Waals surface area contributed by atoms with Crippen molar-refractivity contribution in [2.75, 3.05) is 18.4 Å². The molecule has 3 atom stereocenters. The minimum atomic E-state index is -0.937. The van der Waals surface area contributed by atoms with Crippen LogP contribution in [-0.2, 0) is 34.6 Å². The number of rotatable bonds is 19. The zero-order chi connectivity index (χ0) is 37.1. The zero-order valence-electron chi connectivity index (χ0n) is 28.5. The van der Waals surface area contributed by atoms with E-state index >= 15 is 0 Å². The van der Waals surface area contributed by atoms with Gasteiger partial charge in [-0.05, 0) is 55.2 Å². The van der Waals surface area contributed by atoms with Crippen LogP contribution in [0.4, 0.5) is 10.5 Å². The van der Waals surface area contributed by atoms with Crippen molar-refractivity contribution in [2.45, 2.75) is 90.2 Å². The Bertz CT molecular complexity index is 1300. The number of carboxylic acid groups (broad SMARTS) is 1. The molecule has 0 spiro atoms. The Morgan fingerprint density at radius 1 is 0.857 bits per heavy atom. The number of hydrogen-bond acceptors (Lipinski definition) is 8. The van der Waals surface area contributed by atoms with Crippen molar-refractivity contribution in [3.05, 3.63) is 42.0 Å². The summed E-state index contributed by atoms with van der Waals surface area (Å²) in [6.07, 6.45) is 4.92. The van der Waals surface area contributed by atoms with Crippen molar-refractivity contribution in [3.8, 4) is 0 Å². The fourth-order valence-corrected chi connectivity index (χ4v) is 4.58. The number of primary amides is 1. The van der Waals surface area contributed by atoms with E-state index in [4.69, 9.17) is 28.2 Å². The molecule has 0 aromatic heterocycles. The molecule has 9 N–H and O–H groups in total. The highest BCUT2D eigenvalue weighted by Crippen LogP contribution is 2.13. The number of nitrogens with one attached hydrogen (secondary N) is 4. The van der Waals surface area contributed by atoms with Crippen LogP contribution < -0.4 is 32.7 Å². The second-order valence-electron chi connectivity index (χ2n) is 12.2. The quantitative estimate of drug-likeness (QED) is 0.0630. The highest BCUT2D eigenvalue weighted by atomic mass is 35.5. The maximum atomic E-state index is 13.2. The molecule has 0 aliphatic carbocycles. The molecule has 1 heterocycles. The Labute approximate surface area is 291 Å². The molecule has 1 aliphatic rings. The lowest BCUT2D eigenvalue weighted by Gasteiger charge is -2.25. The van der Waals surface area contributed by atoms with Crippen LogP contribution in [0.15, 0.2) is 36.4 Å². The fourth-order valence-electron chi connectivity index (χ4n) is 4.40. The second kappa shape index (κ2) is 22.2. The number of anilines is 1. The van der Waals surface area contributed by atoms with E-state index in [2.05, 4.69) is 21.3 Å². The number of hydrogen-bond donors (Lipinski definition) is 7. The summed E-state index contributed by atoms with van der Waals surface area (Å²) in [5.74, 6) is -2.78. The molecule has 49 heavy (non-hydrogen) atoms. The number of urea groups is 1. The van der Waals surface area contributed by atoms with Crippen LogP contribution in [-0.4, -0.2) is 82.8 Å². The van der Waals surface area contributed by atoms with Crippen molar-refractivity contribution >= 4 is 58.8 Å². The van der Waals surface area contributed by atoms with Gasteiger partial charge in [0.05, 0.1) is 0 Å². The van der Waals surface area contributed by atoms with E-state index in [1.807, 2.05) is 0 Å². The molecule has 0 saturated heterocycles. The van der Waals surface area contributed by atoms with Gasteiger partial charge in [0.25, 0.3) is 11.8 Å². The number of halogens is 1. The van der Waals surface area contributed by atoms with Crippen molar-refractivity contribution in [3.63, 3.8) is 0 Å². The van der Waals surface area contributed by atoms with Crippen LogP contribution in [0.2, 0.25) is 0 Å². The van der Waals surface area contributed by atoms with Gasteiger partial charge >= 0.3 is 12.0 Å². The molecule has 7 amide bonds. The standard InChI is InChI=1S/C28H39ClN6O6.C5H11NO2/c1-18(2)25(34-22(36)8-4-3-5-16-35-23(37)13-14-24(35)38)27(40)33-21(7-6-15-31-28(30)41)26(39)32-20-11-9-19(17-29)10-12-20;1-3(2)4(6)5(7)8/h9-14,18,21,25H,3-8,15-17H2,1-2H3,(H,32,39)(H,33,40)(H,34,36)(H3,30,31,41);3-4H,6H2,1-2H3,(H,7,8)/t21-,25-;4-/m00/s1. The lowest BCUT2D eigenvalue weighted by Crippen LogP contribution is -2.54. The first-order chi connectivity index (χ1) is 23.1. The number of aliphatic carboxylic acids is 1. The van der Waals surface area contributed by atoms with E-state index in [1.54, 1.807) is 52.0 Å². The van der Waals surface area contributed by atoms with Gasteiger partial charge in [-0.1, -0.05) is 46.2 Å². The molecule has 1 aromatic carbocycles. The second-order valence-corrected chi connectivity index (χ2v) is 12.5. The Balaban J connectivity index is 0.00000133. The maximum absolute atomic E-state index is 13.2. The predicted octanol–water partition coefficient (Wildman–Crippen LogP) is 1.98. The molecule has 0 fully saturated rings. The van der Waals surface area contributed by atoms with Gasteiger partial charge in [-0.15, -0.1) is 11.6 Å². The summed E-state index contributed by atoms with van der Waals surface area (Å²) in [5.41, 5.74) is 11.7. The van der Waals surface area contributed by atoms with Crippen molar-refractivity contribution in [1.82, 2.24) is 20.9 Å². The minimum absolute atomic E-state index is 0.0208. The van der Waals surface area contributed by atoms with Gasteiger partial charge in [-0.2, -0.15) is 0 Å². The number of unbranched alkanes of at least 4 members (excludes halogenated alkanes) is 2. The first-order valence-corrected chi connectivity index (χ1v) is 16.7. The third kappa shape index (κ3) is 16.4. The van der Waals surface area contributed by atoms with E-state index in [9.17, 15) is 33.6 Å². The molecule has 0 saturated carbocycles. The molecule has 0 radical (unpaired) electrons. The van der Waals surface area contributed by atoms with E-state index in [0.29, 0.717) is 43.8 Å². The Morgan fingerprint density at radius 3 is 1.96 bits per heavy atom. The molecule has 16 heteroatoms. The van der Waals surface area contributed by atoms with Gasteiger partial charge in [0, 0.05) is 43.2 Å². The highest BCUT2D eigenvalue weighted by molar-refractivity contribution is 6.17. The topological polar surface area (TPSA) is 243 Å². The summed E-state index contributed by atoms with van der Waals surface area (Å²) >= 11 is 5.82. The molecule has 272 valence electrons. The van der Waals surface area contributed by atoms with E-state index in [1.165, 1.54) is 12.2 Å². The van der Waals surface area contributed by atoms with Crippen LogP contribution >= 0.6 is 11.6 Å². The molecular weight excluding hydrogens is 658 g/mol. The average molecular weight is 708 g/mol. The number of carbonyl (C=O) groups is 7. The van der Waals surface area contributed by atoms with Crippen molar-refractivity contribution in [1.29, 1.82) is 0 Å². The number of carboxylic acids is 1. The maximum Gasteiger partial charge on any atom is 0.320 e. The highest BCUT2D eigenvalue weighted by Gasteiger charge is 2.29. The average Bonchev–Trinajstić information content (AvgIpc) is 3.36. The Morgan fingerprint density at radius 2 is 1.47 bits per heavy atom. The summed E-state index contributed by atoms with van der Waals surface area (Å²) in [6.45, 7) is 7.64. The SMILES string of the molecule is CC(C)[C@H](N)C(=O)O.CC(C)[C@H](NC(=O)CCCCCN1C(=O)C=CC1=O)C(=O)N[C@@H](CCCNC(N)=O)C(=O)Nc1ccc(CCl)cc1. The van der Waals surface area contributed by atoms with E-state index < -0.39 is 41.9 Å². The van der Waals surface area contributed by atoms with Crippen LogP contribution in [0.3, 0.4) is 0 Å². The smallest absolute Gasteiger partial charge is 0.320 e. The Kier molecular flexibility index (Phi) is 19.3. The number of nitrogens with zero attached hydrogens (tertiary/aromatic N) is 1. The number of alkyl halides is 1. The van der Waals surface area contributed by atoms with Gasteiger partial charge < -0.3 is 37.8 Å². The largest absolute Gasteiger partial charge is 0.480 e. The molecule has 0 unspecified atom stereocenters. The monoisotopic (exact) mass is 707 g/mol. The third-order valence-corrected chi connectivity index (χ3v) is 7.74. The summed E-state index contributed by atoms with van der Waals surface area (Å²) in [4.78, 5) is 84.3. The van der Waals surface area contributed by atoms with Gasteiger partial charge in [-0.25, -0.2) is 4.79 Å². The lowest BCUT2D eigenvalue weighted by atomic mass is 10.0. The predicted molar refractivity (Wildman–Crippen MR) is 185 cm³/mol. The van der Waals surface area contributed by atoms with Crippen LogP contribution in [0.5, 0.6) is 0 Å². The number of carbonyl (C=O) groups excluding carboxylic acids is 6. The first kappa shape index (κ1) is 42.5. The van der Waals surface area contributed by atoms with Crippen LogP contribution in [0.25, 0.3) is 0 Å². The number of amides is 7. The number of nitrogens with two attached hydrogens (primary N) is 2. The zero-order valence-corrected chi connectivity index (χ0v) is 29.3. The molecule has 2 rings (SSSR count).